The van der Waals surface area contributed by atoms with Crippen LogP contribution in [0, 0.1) is 0 Å². The van der Waals surface area contributed by atoms with Crippen LogP contribution in [-0.4, -0.2) is 0 Å². The van der Waals surface area contributed by atoms with Gasteiger partial charge < -0.3 is 9.32 Å². The Balaban J connectivity index is 0.929. The molecule has 0 atom stereocenters. The van der Waals surface area contributed by atoms with Crippen LogP contribution in [0.2, 0.25) is 0 Å². The normalized spacial score (nSPS) is 12.5. The van der Waals surface area contributed by atoms with Crippen molar-refractivity contribution in [2.75, 3.05) is 4.90 Å². The summed E-state index contributed by atoms with van der Waals surface area (Å²) in [4.78, 5) is 2.37. The molecule has 0 bridgehead atoms. The highest BCUT2D eigenvalue weighted by atomic mass is 16.3. The average Bonchev–Trinajstić information content (AvgIpc) is 3.97. The molecule has 0 saturated heterocycles. The van der Waals surface area contributed by atoms with Gasteiger partial charge in [0, 0.05) is 33.4 Å². The van der Waals surface area contributed by atoms with E-state index in [4.69, 9.17) is 4.42 Å². The summed E-state index contributed by atoms with van der Waals surface area (Å²) in [5.74, 6) is 0. The van der Waals surface area contributed by atoms with Crippen LogP contribution < -0.4 is 4.90 Å². The van der Waals surface area contributed by atoms with E-state index in [1.54, 1.807) is 0 Å². The zero-order valence-electron chi connectivity index (χ0n) is 37.8. The van der Waals surface area contributed by atoms with Crippen molar-refractivity contribution >= 4 is 39.0 Å². The van der Waals surface area contributed by atoms with Crippen LogP contribution in [0.3, 0.4) is 0 Å². The fourth-order valence-electron chi connectivity index (χ4n) is 11.0. The molecule has 12 aromatic rings. The molecule has 0 fully saturated rings. The van der Waals surface area contributed by atoms with Crippen molar-refractivity contribution in [3.05, 3.63) is 295 Å². The van der Waals surface area contributed by atoms with Gasteiger partial charge in [-0.2, -0.15) is 0 Å². The minimum Gasteiger partial charge on any atom is -0.455 e. The number of rotatable bonds is 9. The maximum absolute atomic E-state index is 6.55. The van der Waals surface area contributed by atoms with Gasteiger partial charge in [0.25, 0.3) is 0 Å². The molecule has 1 aliphatic carbocycles. The van der Waals surface area contributed by atoms with Crippen LogP contribution in [0.5, 0.6) is 0 Å². The minimum absolute atomic E-state index is 0.463. The molecule has 0 radical (unpaired) electrons. The van der Waals surface area contributed by atoms with E-state index in [0.717, 1.165) is 50.1 Å². The Kier molecular flexibility index (Phi) is 9.77. The molecule has 1 aromatic heterocycles. The Hall–Kier alpha value is -8.98. The van der Waals surface area contributed by atoms with Crippen LogP contribution in [0.15, 0.2) is 277 Å². The zero-order chi connectivity index (χ0) is 45.7. The fourth-order valence-corrected chi connectivity index (χ4v) is 11.0. The molecule has 2 heteroatoms. The zero-order valence-corrected chi connectivity index (χ0v) is 37.8. The Morgan fingerprint density at radius 3 is 1.43 bits per heavy atom. The van der Waals surface area contributed by atoms with E-state index in [2.05, 4.69) is 266 Å². The summed E-state index contributed by atoms with van der Waals surface area (Å²) < 4.78 is 6.55. The average molecular weight is 880 g/mol. The number of hydrogen-bond acceptors (Lipinski definition) is 2. The van der Waals surface area contributed by atoms with Gasteiger partial charge in [0.05, 0.1) is 5.41 Å². The largest absolute Gasteiger partial charge is 0.455 e. The lowest BCUT2D eigenvalue weighted by Crippen LogP contribution is -2.28. The Morgan fingerprint density at radius 1 is 0.290 bits per heavy atom. The van der Waals surface area contributed by atoms with Crippen molar-refractivity contribution in [3.8, 4) is 55.6 Å². The Labute approximate surface area is 402 Å². The van der Waals surface area contributed by atoms with Gasteiger partial charge in [-0.05, 0) is 115 Å². The molecule has 11 aromatic carbocycles. The lowest BCUT2D eigenvalue weighted by molar-refractivity contribution is 0.670. The first-order chi connectivity index (χ1) is 34.2. The standard InChI is InChI=1S/C67H45NO/c1-4-17-46(18-5-1)47-33-35-48(36-34-47)49-37-41-54(42-38-49)68(56-24-14-19-51(45-56)58-28-15-29-60-59-25-11-13-32-64(59)69-66(58)60)55-43-39-50(40-44-55)57-27-16-31-63-65(57)61-26-10-12-30-62(61)67(63,52-20-6-2-7-21-52)53-22-8-3-9-23-53/h1-45H. The molecule has 0 aliphatic heterocycles. The van der Waals surface area contributed by atoms with E-state index in [9.17, 15) is 0 Å². The van der Waals surface area contributed by atoms with Crippen molar-refractivity contribution in [2.45, 2.75) is 5.41 Å². The second-order valence-electron chi connectivity index (χ2n) is 18.0. The first kappa shape index (κ1) is 40.3. The summed E-state index contributed by atoms with van der Waals surface area (Å²) >= 11 is 0. The SMILES string of the molecule is c1ccc(-c2ccc(-c3ccc(N(c4ccc(-c5cccc6c5-c5ccccc5C6(c5ccccc5)c5ccccc5)cc4)c4cccc(-c5cccc6c5oc5ccccc56)c4)cc3)cc2)cc1. The molecule has 1 aliphatic rings. The van der Waals surface area contributed by atoms with Crippen LogP contribution in [0.1, 0.15) is 22.3 Å². The molecule has 0 N–H and O–H groups in total. The quantitative estimate of drug-likeness (QED) is 0.144. The van der Waals surface area contributed by atoms with Crippen LogP contribution in [0.25, 0.3) is 77.6 Å². The number of hydrogen-bond donors (Lipinski definition) is 0. The Morgan fingerprint density at radius 2 is 0.754 bits per heavy atom. The topological polar surface area (TPSA) is 16.4 Å². The van der Waals surface area contributed by atoms with Crippen LogP contribution >= 0.6 is 0 Å². The van der Waals surface area contributed by atoms with E-state index in [1.807, 2.05) is 12.1 Å². The second-order valence-corrected chi connectivity index (χ2v) is 18.0. The number of benzene rings is 11. The predicted molar refractivity (Wildman–Crippen MR) is 287 cm³/mol. The number of nitrogens with zero attached hydrogens (tertiary/aromatic N) is 1. The molecule has 2 nitrogen and oxygen atoms in total. The lowest BCUT2D eigenvalue weighted by atomic mass is 9.67. The van der Waals surface area contributed by atoms with E-state index in [1.165, 1.54) is 66.8 Å². The highest BCUT2D eigenvalue weighted by Crippen LogP contribution is 2.58. The molecule has 69 heavy (non-hydrogen) atoms. The van der Waals surface area contributed by atoms with Gasteiger partial charge in [0.15, 0.2) is 0 Å². The third-order valence-corrected chi connectivity index (χ3v) is 14.2. The lowest BCUT2D eigenvalue weighted by Gasteiger charge is -2.34. The van der Waals surface area contributed by atoms with Crippen molar-refractivity contribution in [1.29, 1.82) is 0 Å². The fraction of sp³-hybridized carbons (Fsp3) is 0.0149. The van der Waals surface area contributed by atoms with Crippen molar-refractivity contribution in [2.24, 2.45) is 0 Å². The van der Waals surface area contributed by atoms with Gasteiger partial charge in [-0.15, -0.1) is 0 Å². The molecule has 1 heterocycles. The molecular formula is C67H45NO. The molecule has 0 amide bonds. The third kappa shape index (κ3) is 6.72. The van der Waals surface area contributed by atoms with Crippen molar-refractivity contribution in [1.82, 2.24) is 0 Å². The molecule has 0 unspecified atom stereocenters. The van der Waals surface area contributed by atoms with Crippen LogP contribution in [0.4, 0.5) is 17.1 Å². The van der Waals surface area contributed by atoms with Gasteiger partial charge >= 0.3 is 0 Å². The predicted octanol–water partition coefficient (Wildman–Crippen LogP) is 18.1. The molecule has 13 rings (SSSR count). The summed E-state index contributed by atoms with van der Waals surface area (Å²) in [5.41, 5.74) is 21.5. The summed E-state index contributed by atoms with van der Waals surface area (Å²) in [6.07, 6.45) is 0. The molecule has 324 valence electrons. The molecule has 0 spiro atoms. The smallest absolute Gasteiger partial charge is 0.143 e. The van der Waals surface area contributed by atoms with E-state index < -0.39 is 5.41 Å². The van der Waals surface area contributed by atoms with Gasteiger partial charge in [0.2, 0.25) is 0 Å². The molecule has 0 saturated carbocycles. The van der Waals surface area contributed by atoms with Crippen LogP contribution in [-0.2, 0) is 5.41 Å². The maximum atomic E-state index is 6.55. The number of anilines is 3. The van der Waals surface area contributed by atoms with E-state index in [-0.39, 0.29) is 0 Å². The van der Waals surface area contributed by atoms with Crippen molar-refractivity contribution in [3.63, 3.8) is 0 Å². The van der Waals surface area contributed by atoms with Gasteiger partial charge in [-0.1, -0.05) is 231 Å². The first-order valence-corrected chi connectivity index (χ1v) is 23.7. The summed E-state index contributed by atoms with van der Waals surface area (Å²) in [5, 5.41) is 2.24. The van der Waals surface area contributed by atoms with Gasteiger partial charge in [0.1, 0.15) is 11.2 Å². The van der Waals surface area contributed by atoms with Gasteiger partial charge in [-0.25, -0.2) is 0 Å². The summed E-state index contributed by atoms with van der Waals surface area (Å²) in [6, 6.07) is 99.1. The van der Waals surface area contributed by atoms with Gasteiger partial charge in [-0.3, -0.25) is 0 Å². The minimum atomic E-state index is -0.463. The summed E-state index contributed by atoms with van der Waals surface area (Å²) in [6.45, 7) is 0. The highest BCUT2D eigenvalue weighted by Gasteiger charge is 2.46. The molecular weight excluding hydrogens is 835 g/mol. The second kappa shape index (κ2) is 16.7. The number of para-hydroxylation sites is 2. The highest BCUT2D eigenvalue weighted by molar-refractivity contribution is 6.09. The van der Waals surface area contributed by atoms with E-state index >= 15 is 0 Å². The third-order valence-electron chi connectivity index (χ3n) is 14.2. The van der Waals surface area contributed by atoms with Crippen molar-refractivity contribution < 1.29 is 4.42 Å². The Bertz CT molecular complexity index is 3760. The summed E-state index contributed by atoms with van der Waals surface area (Å²) in [7, 11) is 0. The number of fused-ring (bicyclic) bond motifs is 6. The number of furan rings is 1. The van der Waals surface area contributed by atoms with E-state index in [0.29, 0.717) is 0 Å². The first-order valence-electron chi connectivity index (χ1n) is 23.7. The maximum Gasteiger partial charge on any atom is 0.143 e. The monoisotopic (exact) mass is 879 g/mol.